The predicted octanol–water partition coefficient (Wildman–Crippen LogP) is 1.91. The van der Waals surface area contributed by atoms with Gasteiger partial charge in [0.2, 0.25) is 5.91 Å². The van der Waals surface area contributed by atoms with Gasteiger partial charge in [0.05, 0.1) is 30.4 Å². The van der Waals surface area contributed by atoms with E-state index >= 15 is 0 Å². The minimum absolute atomic E-state index is 0.0658. The molecule has 3 rings (SSSR count). The van der Waals surface area contributed by atoms with E-state index in [2.05, 4.69) is 10.3 Å². The van der Waals surface area contributed by atoms with E-state index in [1.807, 2.05) is 30.3 Å². The van der Waals surface area contributed by atoms with Crippen molar-refractivity contribution in [1.82, 2.24) is 9.55 Å². The van der Waals surface area contributed by atoms with Crippen LogP contribution in [0.2, 0.25) is 5.02 Å². The maximum absolute atomic E-state index is 13.1. The van der Waals surface area contributed by atoms with Crippen molar-refractivity contribution < 1.29 is 9.53 Å². The number of ether oxygens (including phenoxy) is 1. The number of para-hydroxylation sites is 1. The van der Waals surface area contributed by atoms with Crippen molar-refractivity contribution in [2.45, 2.75) is 6.54 Å². The Labute approximate surface area is 189 Å². The van der Waals surface area contributed by atoms with E-state index in [-0.39, 0.29) is 37.7 Å². The van der Waals surface area contributed by atoms with E-state index in [1.165, 1.54) is 16.6 Å². The van der Waals surface area contributed by atoms with Gasteiger partial charge in [-0.3, -0.25) is 19.1 Å². The largest absolute Gasteiger partial charge is 0.383 e. The number of nitrogens with two attached hydrogens (primary N) is 1. The number of hydrogen-bond acceptors (Lipinski definition) is 6. The Balaban J connectivity index is 1.94. The average Bonchev–Trinajstić information content (AvgIpc) is 2.78. The van der Waals surface area contributed by atoms with Gasteiger partial charge in [-0.25, -0.2) is 4.79 Å². The third-order valence-corrected chi connectivity index (χ3v) is 5.12. The van der Waals surface area contributed by atoms with Gasteiger partial charge in [-0.15, -0.1) is 0 Å². The number of carbonyl (C=O) groups is 1. The molecule has 1 heterocycles. The molecule has 3 aromatic rings. The molecule has 0 saturated carbocycles. The van der Waals surface area contributed by atoms with Gasteiger partial charge in [-0.05, 0) is 17.7 Å². The summed E-state index contributed by atoms with van der Waals surface area (Å²) in [5, 5.41) is 3.41. The lowest BCUT2D eigenvalue weighted by molar-refractivity contribution is -0.117. The number of nitrogens with zero attached hydrogens (tertiary/aromatic N) is 2. The Kier molecular flexibility index (Phi) is 7.69. The van der Waals surface area contributed by atoms with Gasteiger partial charge in [-0.1, -0.05) is 54.1 Å². The summed E-state index contributed by atoms with van der Waals surface area (Å²) in [5.74, 6) is -0.547. The second-order valence-corrected chi connectivity index (χ2v) is 7.34. The van der Waals surface area contributed by atoms with E-state index in [0.29, 0.717) is 10.7 Å². The molecule has 0 aliphatic carbocycles. The molecule has 0 spiro atoms. The molecule has 0 aliphatic rings. The number of amides is 1. The molecular formula is C22H24ClN5O4. The predicted molar refractivity (Wildman–Crippen MR) is 125 cm³/mol. The Morgan fingerprint density at radius 2 is 1.84 bits per heavy atom. The van der Waals surface area contributed by atoms with Crippen molar-refractivity contribution >= 4 is 34.7 Å². The molecule has 0 saturated heterocycles. The Bertz CT molecular complexity index is 1190. The minimum atomic E-state index is -0.751. The smallest absolute Gasteiger partial charge is 0.330 e. The van der Waals surface area contributed by atoms with Crippen LogP contribution in [0.15, 0.2) is 64.2 Å². The highest BCUT2D eigenvalue weighted by Gasteiger charge is 2.24. The first-order valence-corrected chi connectivity index (χ1v) is 10.2. The molecule has 10 heteroatoms. The summed E-state index contributed by atoms with van der Waals surface area (Å²) < 4.78 is 6.32. The van der Waals surface area contributed by atoms with Crippen LogP contribution in [0.3, 0.4) is 0 Å². The van der Waals surface area contributed by atoms with Gasteiger partial charge < -0.3 is 20.7 Å². The van der Waals surface area contributed by atoms with E-state index in [1.54, 1.807) is 24.3 Å². The summed E-state index contributed by atoms with van der Waals surface area (Å²) in [5.41, 5.74) is 6.11. The number of H-pyrrole nitrogens is 1. The topological polar surface area (TPSA) is 122 Å². The number of nitrogen functional groups attached to an aromatic ring is 1. The Morgan fingerprint density at radius 3 is 2.53 bits per heavy atom. The van der Waals surface area contributed by atoms with Gasteiger partial charge in [-0.2, -0.15) is 0 Å². The van der Waals surface area contributed by atoms with Crippen LogP contribution >= 0.6 is 11.6 Å². The normalized spacial score (nSPS) is 10.7. The van der Waals surface area contributed by atoms with Crippen LogP contribution in [0.1, 0.15) is 5.56 Å². The van der Waals surface area contributed by atoms with Crippen molar-refractivity contribution in [3.8, 4) is 0 Å². The lowest BCUT2D eigenvalue weighted by Gasteiger charge is -2.24. The first-order chi connectivity index (χ1) is 15.4. The van der Waals surface area contributed by atoms with E-state index in [9.17, 15) is 14.4 Å². The van der Waals surface area contributed by atoms with Crippen molar-refractivity contribution in [3.05, 3.63) is 86.0 Å². The molecule has 0 aliphatic heterocycles. The first kappa shape index (κ1) is 23.1. The monoisotopic (exact) mass is 457 g/mol. The quantitative estimate of drug-likeness (QED) is 0.451. The third-order valence-electron chi connectivity index (χ3n) is 4.79. The molecule has 1 amide bonds. The maximum atomic E-state index is 13.1. The van der Waals surface area contributed by atoms with Gasteiger partial charge in [0.15, 0.2) is 5.69 Å². The number of anilines is 3. The van der Waals surface area contributed by atoms with E-state index in [4.69, 9.17) is 22.1 Å². The van der Waals surface area contributed by atoms with Gasteiger partial charge in [0, 0.05) is 13.7 Å². The van der Waals surface area contributed by atoms with Crippen molar-refractivity contribution in [2.75, 3.05) is 42.8 Å². The summed E-state index contributed by atoms with van der Waals surface area (Å²) in [6, 6.07) is 16.2. The van der Waals surface area contributed by atoms with Crippen LogP contribution in [0, 0.1) is 0 Å². The molecule has 2 aromatic carbocycles. The minimum Gasteiger partial charge on any atom is -0.383 e. The number of aromatic amines is 1. The number of rotatable bonds is 9. The zero-order valence-corrected chi connectivity index (χ0v) is 18.3. The van der Waals surface area contributed by atoms with Crippen LogP contribution in [-0.4, -0.2) is 42.3 Å². The molecule has 4 N–H and O–H groups in total. The van der Waals surface area contributed by atoms with Crippen molar-refractivity contribution in [2.24, 2.45) is 0 Å². The zero-order valence-electron chi connectivity index (χ0n) is 17.5. The standard InChI is InChI=1S/C22H24ClN5O4/c1-32-12-11-27(18(29)13-25-17-10-6-5-9-16(17)23)19-20(24)28(22(31)26-21(19)30)14-15-7-3-2-4-8-15/h2-10,25H,11-14,24H2,1H3,(H,26,30,31). The second-order valence-electron chi connectivity index (χ2n) is 6.94. The third kappa shape index (κ3) is 5.37. The number of halogens is 1. The molecule has 0 atom stereocenters. The lowest BCUT2D eigenvalue weighted by Crippen LogP contribution is -2.44. The SMILES string of the molecule is COCCN(C(=O)CNc1ccccc1Cl)c1c(N)n(Cc2ccccc2)c(=O)[nH]c1=O. The molecule has 32 heavy (non-hydrogen) atoms. The van der Waals surface area contributed by atoms with Crippen LogP contribution in [-0.2, 0) is 16.1 Å². The van der Waals surface area contributed by atoms with Crippen molar-refractivity contribution in [1.29, 1.82) is 0 Å². The first-order valence-electron chi connectivity index (χ1n) is 9.86. The summed E-state index contributed by atoms with van der Waals surface area (Å²) in [7, 11) is 1.48. The van der Waals surface area contributed by atoms with Crippen LogP contribution < -0.4 is 27.2 Å². The Hall–Kier alpha value is -3.56. The molecule has 1 aromatic heterocycles. The summed E-state index contributed by atoms with van der Waals surface area (Å²) in [6.45, 7) is 0.217. The van der Waals surface area contributed by atoms with Gasteiger partial charge in [0.1, 0.15) is 5.82 Å². The molecule has 0 unspecified atom stereocenters. The summed E-state index contributed by atoms with van der Waals surface area (Å²) in [4.78, 5) is 41.7. The highest BCUT2D eigenvalue weighted by molar-refractivity contribution is 6.33. The molecule has 168 valence electrons. The highest BCUT2D eigenvalue weighted by Crippen LogP contribution is 2.21. The fourth-order valence-corrected chi connectivity index (χ4v) is 3.38. The van der Waals surface area contributed by atoms with Crippen LogP contribution in [0.4, 0.5) is 17.2 Å². The maximum Gasteiger partial charge on any atom is 0.330 e. The summed E-state index contributed by atoms with van der Waals surface area (Å²) in [6.07, 6.45) is 0. The van der Waals surface area contributed by atoms with Crippen LogP contribution in [0.25, 0.3) is 0 Å². The molecule has 0 radical (unpaired) electrons. The zero-order chi connectivity index (χ0) is 23.1. The summed E-state index contributed by atoms with van der Waals surface area (Å²) >= 11 is 6.13. The van der Waals surface area contributed by atoms with E-state index in [0.717, 1.165) is 5.56 Å². The average molecular weight is 458 g/mol. The molecule has 9 nitrogen and oxygen atoms in total. The Morgan fingerprint density at radius 1 is 1.16 bits per heavy atom. The number of carbonyl (C=O) groups excluding carboxylic acids is 1. The van der Waals surface area contributed by atoms with Crippen molar-refractivity contribution in [3.63, 3.8) is 0 Å². The van der Waals surface area contributed by atoms with Gasteiger partial charge >= 0.3 is 5.69 Å². The second kappa shape index (κ2) is 10.7. The number of benzene rings is 2. The van der Waals surface area contributed by atoms with Crippen LogP contribution in [0.5, 0.6) is 0 Å². The van der Waals surface area contributed by atoms with Gasteiger partial charge in [0.25, 0.3) is 5.56 Å². The number of methoxy groups -OCH3 is 1. The molecular weight excluding hydrogens is 434 g/mol. The number of aromatic nitrogens is 2. The fourth-order valence-electron chi connectivity index (χ4n) is 3.18. The molecule has 0 fully saturated rings. The fraction of sp³-hybridized carbons (Fsp3) is 0.227. The molecule has 0 bridgehead atoms. The highest BCUT2D eigenvalue weighted by atomic mass is 35.5. The number of hydrogen-bond donors (Lipinski definition) is 3. The number of nitrogens with one attached hydrogen (secondary N) is 2. The lowest BCUT2D eigenvalue weighted by atomic mass is 10.2. The van der Waals surface area contributed by atoms with E-state index < -0.39 is 17.2 Å².